The smallest absolute Gasteiger partial charge is 0.269 e. The molecule has 6 nitrogen and oxygen atoms in total. The number of nitrogens with zero attached hydrogens (tertiary/aromatic N) is 2. The van der Waals surface area contributed by atoms with Crippen molar-refractivity contribution in [3.8, 4) is 0 Å². The largest absolute Gasteiger partial charge is 0.358 e. The van der Waals surface area contributed by atoms with E-state index in [0.717, 1.165) is 16.7 Å². The van der Waals surface area contributed by atoms with Gasteiger partial charge in [0.15, 0.2) is 0 Å². The van der Waals surface area contributed by atoms with Gasteiger partial charge in [0.2, 0.25) is 5.91 Å². The lowest BCUT2D eigenvalue weighted by Crippen LogP contribution is -2.46. The van der Waals surface area contributed by atoms with Crippen LogP contribution in [0.4, 0.5) is 5.69 Å². The Morgan fingerprint density at radius 3 is 1.80 bits per heavy atom. The molecule has 1 amide bonds. The van der Waals surface area contributed by atoms with Crippen molar-refractivity contribution >= 4 is 11.6 Å². The molecule has 0 bridgehead atoms. The van der Waals surface area contributed by atoms with Crippen LogP contribution in [0.1, 0.15) is 16.7 Å². The van der Waals surface area contributed by atoms with Gasteiger partial charge < -0.3 is 5.32 Å². The summed E-state index contributed by atoms with van der Waals surface area (Å²) in [6.07, 6.45) is 0.456. The number of likely N-dealkylation sites (N-methyl/N-ethyl adjacent to an activating group) is 1. The Morgan fingerprint density at radius 1 is 0.867 bits per heavy atom. The highest BCUT2D eigenvalue weighted by Gasteiger charge is 2.26. The van der Waals surface area contributed by atoms with E-state index in [2.05, 4.69) is 10.2 Å². The zero-order valence-electron chi connectivity index (χ0n) is 16.9. The lowest BCUT2D eigenvalue weighted by atomic mass is 10.0. The van der Waals surface area contributed by atoms with Crippen molar-refractivity contribution in [2.45, 2.75) is 25.6 Å². The van der Waals surface area contributed by atoms with Crippen molar-refractivity contribution in [1.29, 1.82) is 0 Å². The average molecular weight is 403 g/mol. The molecule has 0 radical (unpaired) electrons. The first kappa shape index (κ1) is 21.2. The van der Waals surface area contributed by atoms with E-state index >= 15 is 0 Å². The third-order valence-corrected chi connectivity index (χ3v) is 5.02. The van der Waals surface area contributed by atoms with Crippen molar-refractivity contribution in [1.82, 2.24) is 10.2 Å². The second-order valence-corrected chi connectivity index (χ2v) is 7.13. The van der Waals surface area contributed by atoms with Gasteiger partial charge in [-0.1, -0.05) is 72.8 Å². The maximum atomic E-state index is 12.9. The van der Waals surface area contributed by atoms with Gasteiger partial charge in [-0.05, 0) is 23.1 Å². The third kappa shape index (κ3) is 5.75. The van der Waals surface area contributed by atoms with Crippen LogP contribution in [-0.2, 0) is 24.3 Å². The average Bonchev–Trinajstić information content (AvgIpc) is 2.78. The molecular weight excluding hydrogens is 378 g/mol. The minimum absolute atomic E-state index is 0.0423. The highest BCUT2D eigenvalue weighted by molar-refractivity contribution is 5.81. The molecule has 3 aromatic rings. The Bertz CT molecular complexity index is 919. The number of carbonyl (C=O) groups excluding carboxylic acids is 1. The summed E-state index contributed by atoms with van der Waals surface area (Å²) in [6, 6.07) is 26.1. The SMILES string of the molecule is CNC(=O)[C@H](Cc1ccc([N+](=O)[O-])cc1)N(Cc1ccccc1)Cc1ccccc1. The van der Waals surface area contributed by atoms with E-state index in [4.69, 9.17) is 0 Å². The van der Waals surface area contributed by atoms with E-state index in [9.17, 15) is 14.9 Å². The molecule has 0 heterocycles. The van der Waals surface area contributed by atoms with Gasteiger partial charge in [0.1, 0.15) is 0 Å². The molecular formula is C24H25N3O3. The first-order valence-electron chi connectivity index (χ1n) is 9.83. The lowest BCUT2D eigenvalue weighted by molar-refractivity contribution is -0.384. The molecule has 0 spiro atoms. The second-order valence-electron chi connectivity index (χ2n) is 7.13. The number of rotatable bonds is 9. The molecule has 6 heteroatoms. The molecule has 0 aliphatic heterocycles. The standard InChI is InChI=1S/C24H25N3O3/c1-25-24(28)23(16-19-12-14-22(15-13-19)27(29)30)26(17-20-8-4-2-5-9-20)18-21-10-6-3-7-11-21/h2-15,23H,16-18H2,1H3,(H,25,28)/t23-/m0/s1. The van der Waals surface area contributed by atoms with E-state index < -0.39 is 11.0 Å². The quantitative estimate of drug-likeness (QED) is 0.434. The number of non-ortho nitro benzene ring substituents is 1. The van der Waals surface area contributed by atoms with E-state index in [-0.39, 0.29) is 11.6 Å². The number of benzene rings is 3. The molecule has 0 aliphatic carbocycles. The van der Waals surface area contributed by atoms with Crippen molar-refractivity contribution in [2.75, 3.05) is 7.05 Å². The number of amides is 1. The number of nitro benzene ring substituents is 1. The Hall–Kier alpha value is -3.51. The van der Waals surface area contributed by atoms with Gasteiger partial charge in [-0.15, -0.1) is 0 Å². The van der Waals surface area contributed by atoms with Gasteiger partial charge in [0.05, 0.1) is 11.0 Å². The molecule has 0 saturated carbocycles. The lowest BCUT2D eigenvalue weighted by Gasteiger charge is -2.31. The molecule has 0 unspecified atom stereocenters. The molecule has 154 valence electrons. The summed E-state index contributed by atoms with van der Waals surface area (Å²) < 4.78 is 0. The Morgan fingerprint density at radius 2 is 1.37 bits per heavy atom. The number of nitro groups is 1. The molecule has 0 aromatic heterocycles. The summed E-state index contributed by atoms with van der Waals surface area (Å²) in [5.41, 5.74) is 3.15. The summed E-state index contributed by atoms with van der Waals surface area (Å²) in [5, 5.41) is 13.7. The highest BCUT2D eigenvalue weighted by Crippen LogP contribution is 2.19. The summed E-state index contributed by atoms with van der Waals surface area (Å²) in [5.74, 6) is -0.0831. The van der Waals surface area contributed by atoms with Gasteiger partial charge in [-0.25, -0.2) is 0 Å². The summed E-state index contributed by atoms with van der Waals surface area (Å²) in [7, 11) is 1.63. The number of carbonyl (C=O) groups is 1. The first-order chi connectivity index (χ1) is 14.6. The molecule has 0 aliphatic rings. The van der Waals surface area contributed by atoms with Gasteiger partial charge in [0.25, 0.3) is 5.69 Å². The first-order valence-corrected chi connectivity index (χ1v) is 9.83. The zero-order chi connectivity index (χ0) is 21.3. The monoisotopic (exact) mass is 403 g/mol. The van der Waals surface area contributed by atoms with Crippen LogP contribution in [0.25, 0.3) is 0 Å². The molecule has 1 N–H and O–H groups in total. The Balaban J connectivity index is 1.89. The third-order valence-electron chi connectivity index (χ3n) is 5.02. The number of hydrogen-bond acceptors (Lipinski definition) is 4. The Kier molecular flexibility index (Phi) is 7.29. The van der Waals surface area contributed by atoms with Gasteiger partial charge in [0, 0.05) is 32.3 Å². The Labute approximate surface area is 176 Å². The summed E-state index contributed by atoms with van der Waals surface area (Å²) in [4.78, 5) is 25.5. The van der Waals surface area contributed by atoms with Crippen molar-refractivity contribution in [3.63, 3.8) is 0 Å². The normalized spacial score (nSPS) is 11.8. The van der Waals surface area contributed by atoms with E-state index in [1.807, 2.05) is 60.7 Å². The predicted molar refractivity (Wildman–Crippen MR) is 117 cm³/mol. The van der Waals surface area contributed by atoms with Crippen LogP contribution in [0, 0.1) is 10.1 Å². The second kappa shape index (κ2) is 10.3. The highest BCUT2D eigenvalue weighted by atomic mass is 16.6. The fraction of sp³-hybridized carbons (Fsp3) is 0.208. The maximum Gasteiger partial charge on any atom is 0.269 e. The van der Waals surface area contributed by atoms with Gasteiger partial charge in [-0.3, -0.25) is 19.8 Å². The van der Waals surface area contributed by atoms with Gasteiger partial charge in [-0.2, -0.15) is 0 Å². The van der Waals surface area contributed by atoms with Crippen LogP contribution in [0.15, 0.2) is 84.9 Å². The molecule has 1 atom stereocenters. The van der Waals surface area contributed by atoms with E-state index in [0.29, 0.717) is 19.5 Å². The van der Waals surface area contributed by atoms with Crippen molar-refractivity contribution in [3.05, 3.63) is 112 Å². The fourth-order valence-electron chi connectivity index (χ4n) is 3.44. The van der Waals surface area contributed by atoms with Crippen LogP contribution in [0.3, 0.4) is 0 Å². The van der Waals surface area contributed by atoms with E-state index in [1.165, 1.54) is 12.1 Å². The van der Waals surface area contributed by atoms with Crippen LogP contribution in [0.2, 0.25) is 0 Å². The van der Waals surface area contributed by atoms with Crippen molar-refractivity contribution < 1.29 is 9.72 Å². The molecule has 3 aromatic carbocycles. The maximum absolute atomic E-state index is 12.9. The van der Waals surface area contributed by atoms with Crippen LogP contribution < -0.4 is 5.32 Å². The molecule has 3 rings (SSSR count). The van der Waals surface area contributed by atoms with Crippen LogP contribution in [-0.4, -0.2) is 28.8 Å². The van der Waals surface area contributed by atoms with Crippen LogP contribution in [0.5, 0.6) is 0 Å². The number of hydrogen-bond donors (Lipinski definition) is 1. The van der Waals surface area contributed by atoms with Gasteiger partial charge >= 0.3 is 0 Å². The summed E-state index contributed by atoms with van der Waals surface area (Å²) in [6.45, 7) is 1.22. The molecule has 0 saturated heterocycles. The minimum Gasteiger partial charge on any atom is -0.358 e. The summed E-state index contributed by atoms with van der Waals surface area (Å²) >= 11 is 0. The predicted octanol–water partition coefficient (Wildman–Crippen LogP) is 3.95. The zero-order valence-corrected chi connectivity index (χ0v) is 16.9. The molecule has 30 heavy (non-hydrogen) atoms. The fourth-order valence-corrected chi connectivity index (χ4v) is 3.44. The number of nitrogens with one attached hydrogen (secondary N) is 1. The van der Waals surface area contributed by atoms with Crippen molar-refractivity contribution in [2.24, 2.45) is 0 Å². The topological polar surface area (TPSA) is 75.5 Å². The minimum atomic E-state index is -0.420. The van der Waals surface area contributed by atoms with Crippen LogP contribution >= 0.6 is 0 Å². The molecule has 0 fully saturated rings. The van der Waals surface area contributed by atoms with E-state index in [1.54, 1.807) is 19.2 Å².